The number of allylic oxidation sites excluding steroid dienone is 1. The summed E-state index contributed by atoms with van der Waals surface area (Å²) in [4.78, 5) is 15.3. The van der Waals surface area contributed by atoms with Gasteiger partial charge in [-0.05, 0) is 52.4 Å². The molecule has 0 spiro atoms. The van der Waals surface area contributed by atoms with Gasteiger partial charge in [0, 0.05) is 5.56 Å². The van der Waals surface area contributed by atoms with Crippen LogP contribution in [-0.2, 0) is 24.3 Å². The molecule has 0 bridgehead atoms. The number of ether oxygens (including phenoxy) is 5. The normalized spacial score (nSPS) is 18.5. The maximum atomic E-state index is 13.5. The highest BCUT2D eigenvalue weighted by Crippen LogP contribution is 2.52. The molecule has 3 aromatic carbocycles. The zero-order valence-corrected chi connectivity index (χ0v) is 18.3. The molecule has 34 heavy (non-hydrogen) atoms. The van der Waals surface area contributed by atoms with Gasteiger partial charge in [0.15, 0.2) is 23.0 Å². The topological polar surface area (TPSA) is 66.5 Å². The van der Waals surface area contributed by atoms with E-state index in [1.54, 1.807) is 4.90 Å². The molecule has 3 aliphatic heterocycles. The Hall–Kier alpha value is -4.13. The molecular formula is C27H21NO6. The molecule has 0 aromatic heterocycles. The fourth-order valence-corrected chi connectivity index (χ4v) is 5.21. The standard InChI is InChI=1S/C27H21NO6/c29-27(30-13-16-4-2-1-3-5-16)28-12-21-18(8-9-22-26(21)34-15-31-22)19-7-6-17-10-23-24(33-14-32-23)11-20(17)25(19)28/h1-5,7-11,25H,6,12-15H2. The Balaban J connectivity index is 1.32. The van der Waals surface area contributed by atoms with Crippen molar-refractivity contribution in [1.29, 1.82) is 0 Å². The molecule has 3 heterocycles. The SMILES string of the molecule is O=C(OCc1ccccc1)N1Cc2c(ccc3c2OCO3)C2=CCc3cc4c(cc3C21)OCO4. The number of carbonyl (C=O) groups is 1. The van der Waals surface area contributed by atoms with Crippen molar-refractivity contribution in [2.75, 3.05) is 13.6 Å². The van der Waals surface area contributed by atoms with Crippen molar-refractivity contribution in [2.45, 2.75) is 25.6 Å². The molecular weight excluding hydrogens is 434 g/mol. The Kier molecular flexibility index (Phi) is 4.24. The number of benzene rings is 3. The van der Waals surface area contributed by atoms with Crippen molar-refractivity contribution in [3.8, 4) is 23.0 Å². The van der Waals surface area contributed by atoms with E-state index in [1.807, 2.05) is 48.5 Å². The summed E-state index contributed by atoms with van der Waals surface area (Å²) in [7, 11) is 0. The minimum Gasteiger partial charge on any atom is -0.454 e. The number of carbonyl (C=O) groups excluding carboxylic acids is 1. The van der Waals surface area contributed by atoms with Crippen LogP contribution in [0.15, 0.2) is 60.7 Å². The van der Waals surface area contributed by atoms with Crippen LogP contribution in [-0.4, -0.2) is 24.6 Å². The lowest BCUT2D eigenvalue weighted by Gasteiger charge is -2.41. The van der Waals surface area contributed by atoms with E-state index in [4.69, 9.17) is 23.7 Å². The highest BCUT2D eigenvalue weighted by Gasteiger charge is 2.41. The second-order valence-corrected chi connectivity index (χ2v) is 8.66. The number of amides is 1. The minimum atomic E-state index is -0.382. The summed E-state index contributed by atoms with van der Waals surface area (Å²) in [5.74, 6) is 2.85. The van der Waals surface area contributed by atoms with Crippen molar-refractivity contribution in [1.82, 2.24) is 4.90 Å². The van der Waals surface area contributed by atoms with E-state index in [2.05, 4.69) is 12.1 Å². The molecule has 7 nitrogen and oxygen atoms in total. The Labute approximate surface area is 196 Å². The summed E-state index contributed by atoms with van der Waals surface area (Å²) in [5, 5.41) is 0. The smallest absolute Gasteiger partial charge is 0.411 e. The Bertz CT molecular complexity index is 1350. The largest absolute Gasteiger partial charge is 0.454 e. The van der Waals surface area contributed by atoms with E-state index in [1.165, 1.54) is 0 Å². The number of hydrogen-bond donors (Lipinski definition) is 0. The number of fused-ring (bicyclic) bond motifs is 8. The number of rotatable bonds is 2. The minimum absolute atomic E-state index is 0.180. The summed E-state index contributed by atoms with van der Waals surface area (Å²) in [5.41, 5.74) is 6.16. The van der Waals surface area contributed by atoms with Gasteiger partial charge in [0.2, 0.25) is 13.6 Å². The third kappa shape index (κ3) is 2.93. The van der Waals surface area contributed by atoms with Crippen molar-refractivity contribution in [3.05, 3.63) is 88.5 Å². The van der Waals surface area contributed by atoms with E-state index in [0.717, 1.165) is 45.6 Å². The van der Waals surface area contributed by atoms with Gasteiger partial charge in [0.05, 0.1) is 12.6 Å². The molecule has 7 heteroatoms. The molecule has 1 aliphatic carbocycles. The van der Waals surface area contributed by atoms with Gasteiger partial charge in [-0.2, -0.15) is 0 Å². The van der Waals surface area contributed by atoms with Crippen molar-refractivity contribution in [2.24, 2.45) is 0 Å². The van der Waals surface area contributed by atoms with Crippen LogP contribution in [0.5, 0.6) is 23.0 Å². The highest BCUT2D eigenvalue weighted by molar-refractivity contribution is 5.85. The molecule has 0 radical (unpaired) electrons. The fourth-order valence-electron chi connectivity index (χ4n) is 5.21. The Morgan fingerprint density at radius 2 is 1.74 bits per heavy atom. The highest BCUT2D eigenvalue weighted by atomic mass is 16.7. The lowest BCUT2D eigenvalue weighted by molar-refractivity contribution is 0.0831. The average molecular weight is 455 g/mol. The van der Waals surface area contributed by atoms with Gasteiger partial charge < -0.3 is 23.7 Å². The number of hydrogen-bond acceptors (Lipinski definition) is 6. The van der Waals surface area contributed by atoms with Crippen LogP contribution in [0.25, 0.3) is 5.57 Å². The molecule has 4 aliphatic rings. The van der Waals surface area contributed by atoms with Crippen molar-refractivity contribution < 1.29 is 28.5 Å². The number of nitrogens with zero attached hydrogens (tertiary/aromatic N) is 1. The van der Waals surface area contributed by atoms with Gasteiger partial charge in [-0.1, -0.05) is 42.5 Å². The molecule has 0 N–H and O–H groups in total. The lowest BCUT2D eigenvalue weighted by Crippen LogP contribution is -2.40. The molecule has 0 saturated heterocycles. The fraction of sp³-hybridized carbons (Fsp3) is 0.222. The van der Waals surface area contributed by atoms with E-state index in [-0.39, 0.29) is 32.3 Å². The quantitative estimate of drug-likeness (QED) is 0.543. The maximum Gasteiger partial charge on any atom is 0.411 e. The van der Waals surface area contributed by atoms with E-state index < -0.39 is 0 Å². The van der Waals surface area contributed by atoms with Crippen molar-refractivity contribution >= 4 is 11.7 Å². The van der Waals surface area contributed by atoms with Gasteiger partial charge in [-0.3, -0.25) is 4.90 Å². The lowest BCUT2D eigenvalue weighted by atomic mass is 9.78. The van der Waals surface area contributed by atoms with Crippen LogP contribution >= 0.6 is 0 Å². The summed E-state index contributed by atoms with van der Waals surface area (Å²) >= 11 is 0. The summed E-state index contributed by atoms with van der Waals surface area (Å²) < 4.78 is 28.4. The molecule has 1 atom stereocenters. The van der Waals surface area contributed by atoms with Gasteiger partial charge in [0.25, 0.3) is 0 Å². The van der Waals surface area contributed by atoms with E-state index in [9.17, 15) is 4.79 Å². The third-order valence-corrected chi connectivity index (χ3v) is 6.80. The molecule has 0 saturated carbocycles. The van der Waals surface area contributed by atoms with Crippen LogP contribution in [0.3, 0.4) is 0 Å². The van der Waals surface area contributed by atoms with Crippen LogP contribution < -0.4 is 18.9 Å². The molecule has 1 amide bonds. The Morgan fingerprint density at radius 3 is 2.62 bits per heavy atom. The molecule has 170 valence electrons. The zero-order valence-electron chi connectivity index (χ0n) is 18.3. The monoisotopic (exact) mass is 455 g/mol. The second-order valence-electron chi connectivity index (χ2n) is 8.66. The van der Waals surface area contributed by atoms with E-state index >= 15 is 0 Å². The van der Waals surface area contributed by atoms with Crippen LogP contribution in [0.1, 0.15) is 33.9 Å². The Morgan fingerprint density at radius 1 is 0.941 bits per heavy atom. The van der Waals surface area contributed by atoms with E-state index in [0.29, 0.717) is 23.8 Å². The molecule has 0 fully saturated rings. The zero-order chi connectivity index (χ0) is 22.6. The van der Waals surface area contributed by atoms with Crippen LogP contribution in [0, 0.1) is 0 Å². The van der Waals surface area contributed by atoms with Gasteiger partial charge in [-0.15, -0.1) is 0 Å². The van der Waals surface area contributed by atoms with Crippen LogP contribution in [0.2, 0.25) is 0 Å². The predicted octanol–water partition coefficient (Wildman–Crippen LogP) is 4.98. The van der Waals surface area contributed by atoms with Gasteiger partial charge in [0.1, 0.15) is 6.61 Å². The first-order valence-electron chi connectivity index (χ1n) is 11.3. The average Bonchev–Trinajstić information content (AvgIpc) is 3.55. The second kappa shape index (κ2) is 7.45. The summed E-state index contributed by atoms with van der Waals surface area (Å²) in [6.07, 6.45) is 2.54. The predicted molar refractivity (Wildman–Crippen MR) is 122 cm³/mol. The summed E-state index contributed by atoms with van der Waals surface area (Å²) in [6.45, 7) is 0.942. The third-order valence-electron chi connectivity index (χ3n) is 6.80. The summed E-state index contributed by atoms with van der Waals surface area (Å²) in [6, 6.07) is 17.4. The molecule has 3 aromatic rings. The van der Waals surface area contributed by atoms with Gasteiger partial charge >= 0.3 is 6.09 Å². The molecule has 1 unspecified atom stereocenters. The van der Waals surface area contributed by atoms with Crippen molar-refractivity contribution in [3.63, 3.8) is 0 Å². The van der Waals surface area contributed by atoms with Gasteiger partial charge in [-0.25, -0.2) is 4.79 Å². The molecule has 7 rings (SSSR count). The first-order valence-corrected chi connectivity index (χ1v) is 11.3. The van der Waals surface area contributed by atoms with Crippen LogP contribution in [0.4, 0.5) is 4.79 Å². The first kappa shape index (κ1) is 19.3. The first-order chi connectivity index (χ1) is 16.8. The maximum absolute atomic E-state index is 13.5.